The minimum Gasteiger partial charge on any atom is -0.496 e. The highest BCUT2D eigenvalue weighted by Crippen LogP contribution is 2.40. The molecule has 0 aliphatic carbocycles. The summed E-state index contributed by atoms with van der Waals surface area (Å²) in [6, 6.07) is 17.1. The van der Waals surface area contributed by atoms with Gasteiger partial charge in [0.15, 0.2) is 5.58 Å². The zero-order chi connectivity index (χ0) is 38.3. The molecule has 54 heavy (non-hydrogen) atoms. The van der Waals surface area contributed by atoms with Crippen molar-refractivity contribution in [1.82, 2.24) is 14.8 Å². The number of rotatable bonds is 10. The van der Waals surface area contributed by atoms with Crippen molar-refractivity contribution in [2.45, 2.75) is 64.5 Å². The number of hydrogen-bond donors (Lipinski definition) is 2. The molecule has 3 heterocycles. The van der Waals surface area contributed by atoms with Gasteiger partial charge in [0, 0.05) is 37.3 Å². The van der Waals surface area contributed by atoms with E-state index in [9.17, 15) is 28.2 Å². The quantitative estimate of drug-likeness (QED) is 0.136. The number of benzene rings is 4. The smallest absolute Gasteiger partial charge is 0.417 e. The Morgan fingerprint density at radius 1 is 0.981 bits per heavy atom. The average Bonchev–Trinajstić information content (AvgIpc) is 3.88. The van der Waals surface area contributed by atoms with Crippen molar-refractivity contribution in [2.75, 3.05) is 26.7 Å². The number of alkyl halides is 3. The van der Waals surface area contributed by atoms with Gasteiger partial charge in [0.2, 0.25) is 5.89 Å². The molecule has 0 spiro atoms. The first-order chi connectivity index (χ1) is 25.8. The first-order valence-electron chi connectivity index (χ1n) is 17.9. The monoisotopic (exact) mass is 759 g/mol. The lowest BCUT2D eigenvalue weighted by Gasteiger charge is -2.23. The van der Waals surface area contributed by atoms with Gasteiger partial charge in [0.1, 0.15) is 17.3 Å². The van der Waals surface area contributed by atoms with Crippen molar-refractivity contribution in [1.29, 1.82) is 0 Å². The number of aliphatic hydroxyl groups excluding tert-OH is 1. The second-order valence-electron chi connectivity index (χ2n) is 14.2. The maximum Gasteiger partial charge on any atom is 0.417 e. The van der Waals surface area contributed by atoms with Gasteiger partial charge < -0.3 is 19.4 Å². The number of fused-ring (bicyclic) bond motifs is 1. The van der Waals surface area contributed by atoms with E-state index in [1.165, 1.54) is 19.3 Å². The molecule has 2 N–H and O–H groups in total. The van der Waals surface area contributed by atoms with Gasteiger partial charge in [-0.2, -0.15) is 13.2 Å². The van der Waals surface area contributed by atoms with Gasteiger partial charge in [0.25, 0.3) is 0 Å². The number of ether oxygens (including phenoxy) is 1. The average molecular weight is 760 g/mol. The van der Waals surface area contributed by atoms with Crippen molar-refractivity contribution in [3.8, 4) is 28.3 Å². The molecule has 5 aromatic rings. The number of hydrogen-bond acceptors (Lipinski definition) is 7. The number of methoxy groups -OCH3 is 1. The second kappa shape index (κ2) is 15.2. The third-order valence-electron chi connectivity index (χ3n) is 10.6. The van der Waals surface area contributed by atoms with Crippen LogP contribution >= 0.6 is 11.6 Å². The maximum absolute atomic E-state index is 14.5. The normalized spacial score (nSPS) is 18.4. The summed E-state index contributed by atoms with van der Waals surface area (Å²) in [4.78, 5) is 20.4. The molecule has 0 radical (unpaired) electrons. The number of carbonyl (C=O) groups is 1. The summed E-state index contributed by atoms with van der Waals surface area (Å²) >= 11 is 6.67. The van der Waals surface area contributed by atoms with Gasteiger partial charge in [-0.3, -0.25) is 14.6 Å². The third kappa shape index (κ3) is 7.63. The first kappa shape index (κ1) is 37.6. The van der Waals surface area contributed by atoms with E-state index in [1.54, 1.807) is 11.0 Å². The molecule has 0 unspecified atom stereocenters. The molecular weight excluding hydrogens is 719 g/mol. The van der Waals surface area contributed by atoms with Crippen molar-refractivity contribution in [3.05, 3.63) is 105 Å². The molecule has 8 nitrogen and oxygen atoms in total. The molecule has 1 aromatic heterocycles. The number of likely N-dealkylation sites (tertiary alicyclic amines) is 2. The van der Waals surface area contributed by atoms with Crippen LogP contribution in [0.25, 0.3) is 45.8 Å². The van der Waals surface area contributed by atoms with Crippen LogP contribution < -0.4 is 4.74 Å². The fourth-order valence-corrected chi connectivity index (χ4v) is 8.06. The number of nitrogens with zero attached hydrogens (tertiary/aromatic N) is 3. The number of halogens is 4. The van der Waals surface area contributed by atoms with E-state index in [4.69, 9.17) is 25.7 Å². The minimum absolute atomic E-state index is 0.0366. The van der Waals surface area contributed by atoms with E-state index < -0.39 is 23.8 Å². The number of aliphatic hydroxyl groups is 1. The van der Waals surface area contributed by atoms with Crippen molar-refractivity contribution >= 4 is 40.8 Å². The molecule has 0 amide bonds. The van der Waals surface area contributed by atoms with Gasteiger partial charge in [-0.05, 0) is 109 Å². The summed E-state index contributed by atoms with van der Waals surface area (Å²) < 4.78 is 55.2. The highest BCUT2D eigenvalue weighted by molar-refractivity contribution is 6.34. The van der Waals surface area contributed by atoms with Crippen LogP contribution in [0, 0.1) is 13.8 Å². The van der Waals surface area contributed by atoms with Gasteiger partial charge in [0.05, 0.1) is 23.8 Å². The lowest BCUT2D eigenvalue weighted by atomic mass is 9.91. The number of carboxylic acids is 1. The Hall–Kier alpha value is -4.68. The van der Waals surface area contributed by atoms with Crippen LogP contribution in [0.3, 0.4) is 0 Å². The Morgan fingerprint density at radius 3 is 2.41 bits per heavy atom. The molecule has 12 heteroatoms. The van der Waals surface area contributed by atoms with Gasteiger partial charge in [-0.25, -0.2) is 4.98 Å². The van der Waals surface area contributed by atoms with E-state index in [1.807, 2.05) is 62.4 Å². The number of aliphatic carboxylic acids is 1. The van der Waals surface area contributed by atoms with Crippen LogP contribution in [0.1, 0.15) is 58.2 Å². The molecule has 4 aromatic carbocycles. The standard InChI is InChI=1S/C42H41ClF3N3O5/c1-24-27(12-13-28-20-38(53-3)29(19-34(28)42(44,45)46)22-49-15-6-11-37(49)41(51)52)7-4-8-31(24)32-9-5-10-33(25(32)2)40-47-36-18-26(17-35(43)39(36)54-40)21-48-16-14-30(50)23-48/h4-5,7-10,12-13,17-20,30,37,50H,6,11,14-16,21-23H2,1-3H3,(H,51,52)/b13-12+/t30-,37+/m1/s1. The molecule has 2 aliphatic rings. The zero-order valence-electron chi connectivity index (χ0n) is 30.2. The van der Waals surface area contributed by atoms with Crippen LogP contribution in [0.4, 0.5) is 13.2 Å². The predicted molar refractivity (Wildman–Crippen MR) is 203 cm³/mol. The van der Waals surface area contributed by atoms with Crippen LogP contribution in [0.2, 0.25) is 5.02 Å². The second-order valence-corrected chi connectivity index (χ2v) is 14.6. The summed E-state index contributed by atoms with van der Waals surface area (Å²) in [6.07, 6.45) is 0.0110. The number of aromatic nitrogens is 1. The summed E-state index contributed by atoms with van der Waals surface area (Å²) in [5.41, 5.74) is 6.67. The molecular formula is C42H41ClF3N3O5. The molecule has 0 bridgehead atoms. The van der Waals surface area contributed by atoms with Crippen molar-refractivity contribution in [2.24, 2.45) is 0 Å². The van der Waals surface area contributed by atoms with E-state index >= 15 is 0 Å². The largest absolute Gasteiger partial charge is 0.496 e. The summed E-state index contributed by atoms with van der Waals surface area (Å²) in [5, 5.41) is 20.0. The van der Waals surface area contributed by atoms with Crippen LogP contribution in [0.15, 0.2) is 65.1 Å². The van der Waals surface area contributed by atoms with Crippen LogP contribution in [-0.4, -0.2) is 69.9 Å². The van der Waals surface area contributed by atoms with Gasteiger partial charge in [-0.15, -0.1) is 0 Å². The SMILES string of the molecule is COc1cc(/C=C/c2cccc(-c3cccc(-c4nc5cc(CN6CC[C@@H](O)C6)cc(Cl)c5o4)c3C)c2C)c(C(F)(F)F)cc1CN1CCC[C@H]1C(=O)O. The number of oxazole rings is 1. The molecule has 0 saturated carbocycles. The third-order valence-corrected chi connectivity index (χ3v) is 10.9. The molecule has 2 saturated heterocycles. The van der Waals surface area contributed by atoms with Gasteiger partial charge in [-0.1, -0.05) is 54.1 Å². The molecule has 2 atom stereocenters. The zero-order valence-corrected chi connectivity index (χ0v) is 31.0. The van der Waals surface area contributed by atoms with Crippen LogP contribution in [0.5, 0.6) is 5.75 Å². The first-order valence-corrected chi connectivity index (χ1v) is 18.3. The Kier molecular flexibility index (Phi) is 10.6. The van der Waals surface area contributed by atoms with E-state index in [0.29, 0.717) is 54.5 Å². The fraction of sp³-hybridized carbons (Fsp3) is 0.333. The minimum atomic E-state index is -4.65. The van der Waals surface area contributed by atoms with E-state index in [0.717, 1.165) is 58.0 Å². The number of β-amino-alcohol motifs (C(OH)–C–C–N with tert-alkyl or cyclic N) is 1. The summed E-state index contributed by atoms with van der Waals surface area (Å²) in [6.45, 7) is 6.53. The molecule has 7 rings (SSSR count). The molecule has 2 aliphatic heterocycles. The highest BCUT2D eigenvalue weighted by Gasteiger charge is 2.36. The Labute approximate surface area is 316 Å². The van der Waals surface area contributed by atoms with Crippen molar-refractivity contribution in [3.63, 3.8) is 0 Å². The van der Waals surface area contributed by atoms with E-state index in [-0.39, 0.29) is 29.5 Å². The Balaban J connectivity index is 1.19. The fourth-order valence-electron chi connectivity index (χ4n) is 7.78. The summed E-state index contributed by atoms with van der Waals surface area (Å²) in [5.74, 6) is -0.295. The topological polar surface area (TPSA) is 99.3 Å². The maximum atomic E-state index is 14.5. The van der Waals surface area contributed by atoms with Crippen molar-refractivity contribution < 1.29 is 37.3 Å². The lowest BCUT2D eigenvalue weighted by Crippen LogP contribution is -2.35. The molecule has 2 fully saturated rings. The highest BCUT2D eigenvalue weighted by atomic mass is 35.5. The summed E-state index contributed by atoms with van der Waals surface area (Å²) in [7, 11) is 1.40. The Bertz CT molecular complexity index is 2250. The van der Waals surface area contributed by atoms with Gasteiger partial charge >= 0.3 is 12.1 Å². The Morgan fingerprint density at radius 2 is 1.70 bits per heavy atom. The molecule has 282 valence electrons. The van der Waals surface area contributed by atoms with Crippen LogP contribution in [-0.2, 0) is 24.1 Å². The number of carboxylic acid groups (broad SMARTS) is 1. The van der Waals surface area contributed by atoms with E-state index in [2.05, 4.69) is 4.90 Å². The predicted octanol–water partition coefficient (Wildman–Crippen LogP) is 9.25. The lowest BCUT2D eigenvalue weighted by molar-refractivity contribution is -0.142.